The number of esters is 1. The second kappa shape index (κ2) is 16.3. The van der Waals surface area contributed by atoms with Crippen LogP contribution in [0.3, 0.4) is 0 Å². The first-order chi connectivity index (χ1) is 23.2. The molecule has 4 rings (SSSR count). The van der Waals surface area contributed by atoms with Crippen LogP contribution in [-0.2, 0) is 30.3 Å². The van der Waals surface area contributed by atoms with Crippen molar-refractivity contribution < 1.29 is 28.6 Å². The number of hydrogen-bond donors (Lipinski definition) is 2. The maximum Gasteiger partial charge on any atom is 0.410 e. The third-order valence-electron chi connectivity index (χ3n) is 10.9. The van der Waals surface area contributed by atoms with Crippen molar-refractivity contribution in [3.8, 4) is 10.6 Å². The number of amides is 1. The Bertz CT molecular complexity index is 1440. The van der Waals surface area contributed by atoms with Crippen molar-refractivity contribution in [2.24, 2.45) is 17.8 Å². The topological polar surface area (TPSA) is 164 Å². The fourth-order valence-electron chi connectivity index (χ4n) is 7.37. The second-order valence-corrected chi connectivity index (χ2v) is 15.2. The number of unbranched alkanes of at least 4 members (excludes halogenated alkanes) is 1. The van der Waals surface area contributed by atoms with Crippen LogP contribution in [-0.4, -0.2) is 101 Å². The fraction of sp³-hybridized carbons (Fsp3) is 0.765. The van der Waals surface area contributed by atoms with Gasteiger partial charge in [-0.25, -0.2) is 9.78 Å². The second-order valence-electron chi connectivity index (χ2n) is 14.2. The maximum atomic E-state index is 13.8. The van der Waals surface area contributed by atoms with Gasteiger partial charge in [0.05, 0.1) is 31.1 Å². The molecule has 2 radical (unpaired) electrons. The molecule has 270 valence electrons. The van der Waals surface area contributed by atoms with Crippen molar-refractivity contribution in [1.82, 2.24) is 30.2 Å². The Balaban J connectivity index is 1.52. The minimum Gasteiger partial charge on any atom is -0.458 e. The summed E-state index contributed by atoms with van der Waals surface area (Å²) in [5.74, 6) is -2.34. The summed E-state index contributed by atoms with van der Waals surface area (Å²) in [7, 11) is 8.53. The van der Waals surface area contributed by atoms with Crippen LogP contribution in [0.15, 0.2) is 12.4 Å². The fourth-order valence-corrected chi connectivity index (χ4v) is 8.00. The van der Waals surface area contributed by atoms with E-state index in [0.29, 0.717) is 55.6 Å². The van der Waals surface area contributed by atoms with E-state index in [2.05, 4.69) is 27.5 Å². The number of ether oxygens (including phenoxy) is 3. The zero-order valence-electron chi connectivity index (χ0n) is 30.3. The molecule has 0 aliphatic carbocycles. The predicted molar refractivity (Wildman–Crippen MR) is 189 cm³/mol. The third kappa shape index (κ3) is 8.47. The van der Waals surface area contributed by atoms with Crippen LogP contribution in [0.4, 0.5) is 9.93 Å². The van der Waals surface area contributed by atoms with Gasteiger partial charge in [-0.2, -0.15) is 0 Å². The lowest BCUT2D eigenvalue weighted by molar-refractivity contribution is -0.170. The zero-order chi connectivity index (χ0) is 36.1. The normalized spacial score (nSPS) is 32.8. The van der Waals surface area contributed by atoms with Crippen LogP contribution in [0.25, 0.3) is 10.6 Å². The Kier molecular flexibility index (Phi) is 12.9. The highest BCUT2D eigenvalue weighted by atomic mass is 32.1. The van der Waals surface area contributed by atoms with Crippen LogP contribution < -0.4 is 11.1 Å². The number of ketones is 1. The van der Waals surface area contributed by atoms with E-state index in [1.54, 1.807) is 36.7 Å². The molecule has 49 heavy (non-hydrogen) atoms. The molecule has 0 spiro atoms. The largest absolute Gasteiger partial charge is 0.458 e. The number of nitrogens with one attached hydrogen (secondary N) is 1. The first-order valence-corrected chi connectivity index (χ1v) is 18.4. The van der Waals surface area contributed by atoms with Crippen molar-refractivity contribution in [2.75, 3.05) is 25.9 Å². The quantitative estimate of drug-likeness (QED) is 0.162. The molecule has 0 aromatic carbocycles. The van der Waals surface area contributed by atoms with Gasteiger partial charge in [-0.05, 0) is 71.2 Å². The van der Waals surface area contributed by atoms with Gasteiger partial charge in [-0.1, -0.05) is 50.2 Å². The Morgan fingerprint density at radius 2 is 1.90 bits per heavy atom. The lowest BCUT2D eigenvalue weighted by Gasteiger charge is -2.42. The van der Waals surface area contributed by atoms with Gasteiger partial charge in [0.2, 0.25) is 0 Å². The molecule has 1 amide bonds. The number of nitrogen functional groups attached to an aromatic ring is 1. The Morgan fingerprint density at radius 3 is 2.55 bits per heavy atom. The van der Waals surface area contributed by atoms with Gasteiger partial charge in [-0.15, -0.1) is 5.10 Å². The molecule has 15 heteroatoms. The number of Topliss-reactive ketones (excluding diaryl/α,β-unsaturated/α-hetero) is 1. The van der Waals surface area contributed by atoms with Crippen LogP contribution in [0.2, 0.25) is 5.31 Å². The van der Waals surface area contributed by atoms with E-state index < -0.39 is 53.1 Å². The standard InChI is InChI=1S/C34H54BN7O6S/c1-9-27-33(7)29(42(32(45)48-33)17-11-10-16-41-19-25(39-40-41)26-18-38-31(36)49-26)23(5)37-15-13-20(2)12-14-34(35,24(6)46-8)22(4)28(43)21(3)30(44)47-27/h18-24,27,29,37H,9-17H2,1-8H3,(H2,36,38)/t20-,21+,22-,23-,24?,27+,29+,33+,34-/m0/s1. The van der Waals surface area contributed by atoms with Crippen LogP contribution >= 0.6 is 11.3 Å². The van der Waals surface area contributed by atoms with E-state index in [4.69, 9.17) is 27.8 Å². The van der Waals surface area contributed by atoms with Gasteiger partial charge in [0.25, 0.3) is 0 Å². The molecule has 2 aliphatic rings. The number of carbonyl (C=O) groups is 3. The number of carbonyl (C=O) groups excluding carboxylic acids is 3. The van der Waals surface area contributed by atoms with Gasteiger partial charge in [-0.3, -0.25) is 19.2 Å². The number of thiazole rings is 1. The molecule has 2 aromatic rings. The molecule has 0 saturated carbocycles. The Hall–Kier alpha value is -3.04. The molecule has 4 heterocycles. The van der Waals surface area contributed by atoms with E-state index >= 15 is 0 Å². The predicted octanol–water partition coefficient (Wildman–Crippen LogP) is 4.67. The lowest BCUT2D eigenvalue weighted by Crippen LogP contribution is -2.60. The van der Waals surface area contributed by atoms with Gasteiger partial charge < -0.3 is 25.3 Å². The number of methoxy groups -OCH3 is 1. The average Bonchev–Trinajstić information content (AvgIpc) is 3.79. The average molecular weight is 700 g/mol. The molecule has 2 aromatic heterocycles. The van der Waals surface area contributed by atoms with Crippen molar-refractivity contribution in [2.45, 2.75) is 129 Å². The van der Waals surface area contributed by atoms with Gasteiger partial charge in [0, 0.05) is 38.4 Å². The summed E-state index contributed by atoms with van der Waals surface area (Å²) < 4.78 is 19.7. The van der Waals surface area contributed by atoms with Crippen molar-refractivity contribution >= 4 is 42.2 Å². The monoisotopic (exact) mass is 699 g/mol. The van der Waals surface area contributed by atoms with Gasteiger partial charge in [0.1, 0.15) is 23.5 Å². The first-order valence-electron chi connectivity index (χ1n) is 17.6. The summed E-state index contributed by atoms with van der Waals surface area (Å²) >= 11 is 1.36. The van der Waals surface area contributed by atoms with Gasteiger partial charge in [0.15, 0.2) is 10.7 Å². The molecule has 9 atom stereocenters. The summed E-state index contributed by atoms with van der Waals surface area (Å²) in [6.07, 6.45) is 5.96. The van der Waals surface area contributed by atoms with Crippen LogP contribution in [0.5, 0.6) is 0 Å². The highest BCUT2D eigenvalue weighted by Crippen LogP contribution is 2.45. The third-order valence-corrected chi connectivity index (χ3v) is 11.7. The molecular formula is C34H54BN7O6S. The Labute approximate surface area is 295 Å². The molecule has 0 bridgehead atoms. The number of aryl methyl sites for hydroxylation is 1. The van der Waals surface area contributed by atoms with Crippen molar-refractivity contribution in [1.29, 1.82) is 0 Å². The molecular weight excluding hydrogens is 645 g/mol. The van der Waals surface area contributed by atoms with Crippen molar-refractivity contribution in [3.63, 3.8) is 0 Å². The number of aromatic nitrogens is 4. The summed E-state index contributed by atoms with van der Waals surface area (Å²) in [4.78, 5) is 47.7. The molecule has 2 fully saturated rings. The number of cyclic esters (lactones) is 1. The van der Waals surface area contributed by atoms with Crippen LogP contribution in [0.1, 0.15) is 87.0 Å². The molecule has 3 N–H and O–H groups in total. The minimum atomic E-state index is -1.16. The highest BCUT2D eigenvalue weighted by Gasteiger charge is 2.58. The summed E-state index contributed by atoms with van der Waals surface area (Å²) in [6.45, 7) is 14.9. The van der Waals surface area contributed by atoms with E-state index in [9.17, 15) is 14.4 Å². The van der Waals surface area contributed by atoms with E-state index in [-0.39, 0.29) is 11.8 Å². The van der Waals surface area contributed by atoms with E-state index in [1.807, 2.05) is 33.9 Å². The molecule has 13 nitrogen and oxygen atoms in total. The maximum absolute atomic E-state index is 13.8. The Morgan fingerprint density at radius 1 is 1.18 bits per heavy atom. The lowest BCUT2D eigenvalue weighted by atomic mass is 9.53. The molecule has 1 unspecified atom stereocenters. The van der Waals surface area contributed by atoms with Gasteiger partial charge >= 0.3 is 12.1 Å². The minimum absolute atomic E-state index is 0.185. The van der Waals surface area contributed by atoms with E-state index in [0.717, 1.165) is 24.1 Å². The summed E-state index contributed by atoms with van der Waals surface area (Å²) in [5.41, 5.74) is 5.31. The summed E-state index contributed by atoms with van der Waals surface area (Å²) in [6, 6.07) is -0.616. The zero-order valence-corrected chi connectivity index (χ0v) is 31.1. The van der Waals surface area contributed by atoms with Crippen LogP contribution in [0, 0.1) is 17.8 Å². The number of nitrogens with two attached hydrogens (primary N) is 1. The number of anilines is 1. The number of rotatable bonds is 9. The highest BCUT2D eigenvalue weighted by molar-refractivity contribution is 7.18. The number of nitrogens with zero attached hydrogens (tertiary/aromatic N) is 5. The smallest absolute Gasteiger partial charge is 0.410 e. The SMILES string of the molecule is [B][C@@]1(C(C)OC)CC[C@H](C)CCN[C@@H](C)[C@H]2N(CCCCn3cc(-c4cnc(N)s4)nn3)C(=O)O[C@]2(C)[C@@H](CC)OC(=O)[C@H](C)C(=O)[C@@H]1C. The number of fused-ring (bicyclic) bond motifs is 1. The molecule has 2 saturated heterocycles. The first kappa shape index (κ1) is 38.8. The molecule has 2 aliphatic heterocycles. The summed E-state index contributed by atoms with van der Waals surface area (Å²) in [5, 5.41) is 11.6. The van der Waals surface area contributed by atoms with E-state index in [1.165, 1.54) is 11.3 Å². The van der Waals surface area contributed by atoms with Crippen molar-refractivity contribution in [3.05, 3.63) is 12.4 Å². The number of hydrogen-bond acceptors (Lipinski definition) is 12.